The van der Waals surface area contributed by atoms with Crippen LogP contribution in [0, 0.1) is 0 Å². The van der Waals surface area contributed by atoms with Crippen LogP contribution in [-0.2, 0) is 0 Å². The van der Waals surface area contributed by atoms with E-state index in [1.807, 2.05) is 30.3 Å². The summed E-state index contributed by atoms with van der Waals surface area (Å²) in [5.41, 5.74) is 0.898. The zero-order valence-electron chi connectivity index (χ0n) is 12.7. The van der Waals surface area contributed by atoms with Crippen LogP contribution in [-0.4, -0.2) is 30.4 Å². The molecule has 0 aromatic heterocycles. The Morgan fingerprint density at radius 2 is 1.37 bits per heavy atom. The van der Waals surface area contributed by atoms with Gasteiger partial charge >= 0.3 is 0 Å². The quantitative estimate of drug-likeness (QED) is 0.453. The Hall–Kier alpha value is -0.680. The molecule has 0 atom stereocenters. The van der Waals surface area contributed by atoms with Crippen LogP contribution in [0.5, 0.6) is 0 Å². The van der Waals surface area contributed by atoms with Crippen molar-refractivity contribution in [1.82, 2.24) is 0 Å². The number of carbonyl (C=O) groups is 1. The number of hydrogen-bond acceptors (Lipinski definition) is 1. The van der Waals surface area contributed by atoms with Crippen molar-refractivity contribution in [2.24, 2.45) is 0 Å². The molecule has 0 saturated heterocycles. The lowest BCUT2D eigenvalue weighted by Crippen LogP contribution is -2.18. The maximum Gasteiger partial charge on any atom is 0.199 e. The fraction of sp³-hybridized carbons (Fsp3) is 0.588. The zero-order chi connectivity index (χ0) is 14.1. The Morgan fingerprint density at radius 3 is 1.79 bits per heavy atom. The summed E-state index contributed by atoms with van der Waals surface area (Å²) in [4.78, 5) is 12.5. The van der Waals surface area contributed by atoms with Gasteiger partial charge in [-0.15, -0.1) is 0 Å². The highest BCUT2D eigenvalue weighted by atomic mass is 31.2. The first-order valence-corrected chi connectivity index (χ1v) is 10.1. The van der Waals surface area contributed by atoms with E-state index in [2.05, 4.69) is 20.8 Å². The molecule has 0 heterocycles. The Morgan fingerprint density at radius 1 is 0.895 bits per heavy atom. The van der Waals surface area contributed by atoms with Gasteiger partial charge in [0.25, 0.3) is 0 Å². The summed E-state index contributed by atoms with van der Waals surface area (Å²) in [6, 6.07) is 9.82. The normalized spacial score (nSPS) is 11.5. The van der Waals surface area contributed by atoms with Crippen LogP contribution in [0.1, 0.15) is 50.4 Å². The number of Topliss-reactive ketones (excluding diaryl/α,β-unsaturated/α-hetero) is 1. The minimum Gasteiger partial charge on any atom is -0.290 e. The summed E-state index contributed by atoms with van der Waals surface area (Å²) < 4.78 is 0. The van der Waals surface area contributed by atoms with Crippen molar-refractivity contribution < 1.29 is 4.79 Å². The topological polar surface area (TPSA) is 17.1 Å². The lowest BCUT2D eigenvalue weighted by molar-refractivity contribution is 0.102. The molecule has 0 N–H and O–H groups in total. The van der Waals surface area contributed by atoms with Crippen LogP contribution in [0.2, 0.25) is 0 Å². The lowest BCUT2D eigenvalue weighted by atomic mass is 10.2. The molecule has 0 unspecified atom stereocenters. The van der Waals surface area contributed by atoms with Gasteiger partial charge in [0, 0.05) is 12.8 Å². The van der Waals surface area contributed by atoms with Crippen molar-refractivity contribution in [2.45, 2.75) is 40.0 Å². The molecule has 0 saturated carbocycles. The lowest BCUT2D eigenvalue weighted by Gasteiger charge is -2.26. The number of rotatable bonds is 9. The Labute approximate surface area is 119 Å². The van der Waals surface area contributed by atoms with Gasteiger partial charge in [0.15, 0.2) is 5.78 Å². The van der Waals surface area contributed by atoms with Crippen LogP contribution >= 0.6 is 7.26 Å². The highest BCUT2D eigenvalue weighted by Crippen LogP contribution is 2.60. The number of carbonyl (C=O) groups excluding carboxylic acids is 1. The molecule has 0 amide bonds. The van der Waals surface area contributed by atoms with Gasteiger partial charge in [0.1, 0.15) is 6.16 Å². The van der Waals surface area contributed by atoms with Crippen molar-refractivity contribution in [2.75, 3.05) is 24.6 Å². The van der Waals surface area contributed by atoms with E-state index in [-0.39, 0.29) is 0 Å². The minimum atomic E-state index is -1.07. The third-order valence-corrected chi connectivity index (χ3v) is 8.81. The van der Waals surface area contributed by atoms with Crippen LogP contribution < -0.4 is 0 Å². The summed E-state index contributed by atoms with van der Waals surface area (Å²) in [5.74, 6) is 0.365. The van der Waals surface area contributed by atoms with Gasteiger partial charge in [-0.3, -0.25) is 4.79 Å². The second-order valence-corrected chi connectivity index (χ2v) is 9.80. The molecule has 2 heteroatoms. The van der Waals surface area contributed by atoms with E-state index in [4.69, 9.17) is 0 Å². The summed E-state index contributed by atoms with van der Waals surface area (Å²) in [6.07, 6.45) is 8.34. The highest BCUT2D eigenvalue weighted by Gasteiger charge is 2.37. The molecular formula is C17H28OP+. The Balaban J connectivity index is 2.83. The second-order valence-electron chi connectivity index (χ2n) is 5.46. The van der Waals surface area contributed by atoms with Crippen molar-refractivity contribution in [3.8, 4) is 0 Å². The third kappa shape index (κ3) is 5.07. The molecule has 0 aliphatic heterocycles. The Kier molecular flexibility index (Phi) is 7.31. The van der Waals surface area contributed by atoms with E-state index < -0.39 is 7.26 Å². The molecular weight excluding hydrogens is 251 g/mol. The van der Waals surface area contributed by atoms with Crippen molar-refractivity contribution in [3.63, 3.8) is 0 Å². The predicted octanol–water partition coefficient (Wildman–Crippen LogP) is 5.12. The van der Waals surface area contributed by atoms with E-state index in [9.17, 15) is 4.79 Å². The van der Waals surface area contributed by atoms with Gasteiger partial charge < -0.3 is 0 Å². The van der Waals surface area contributed by atoms with Gasteiger partial charge in [-0.2, -0.15) is 0 Å². The molecule has 1 nitrogen and oxygen atoms in total. The number of benzene rings is 1. The van der Waals surface area contributed by atoms with Gasteiger partial charge in [0.2, 0.25) is 0 Å². The maximum absolute atomic E-state index is 12.5. The minimum absolute atomic E-state index is 0.365. The number of hydrogen-bond donors (Lipinski definition) is 0. The first kappa shape index (κ1) is 16.4. The molecule has 0 fully saturated rings. The molecule has 0 aliphatic rings. The van der Waals surface area contributed by atoms with Crippen LogP contribution in [0.25, 0.3) is 0 Å². The zero-order valence-corrected chi connectivity index (χ0v) is 13.6. The van der Waals surface area contributed by atoms with E-state index in [1.54, 1.807) is 0 Å². The summed E-state index contributed by atoms with van der Waals surface area (Å²) in [6.45, 7) is 6.77. The maximum atomic E-state index is 12.5. The third-order valence-electron chi connectivity index (χ3n) is 3.67. The van der Waals surface area contributed by atoms with E-state index >= 15 is 0 Å². The fourth-order valence-electron chi connectivity index (χ4n) is 3.02. The van der Waals surface area contributed by atoms with E-state index in [1.165, 1.54) is 37.7 Å². The van der Waals surface area contributed by atoms with Crippen LogP contribution in [0.4, 0.5) is 0 Å². The molecule has 0 bridgehead atoms. The molecule has 0 radical (unpaired) electrons. The van der Waals surface area contributed by atoms with Gasteiger partial charge in [-0.25, -0.2) is 0 Å². The molecule has 106 valence electrons. The van der Waals surface area contributed by atoms with Crippen LogP contribution in [0.3, 0.4) is 0 Å². The largest absolute Gasteiger partial charge is 0.290 e. The summed E-state index contributed by atoms with van der Waals surface area (Å²) >= 11 is 0. The number of ketones is 1. The van der Waals surface area contributed by atoms with Crippen LogP contribution in [0.15, 0.2) is 30.3 Å². The standard InChI is InChI=1S/C17H28OP/c1-4-12-19(13-5-2,14-6-3)15-17(18)16-10-8-7-9-11-16/h7-11H,4-6,12-15H2,1-3H3/q+1. The smallest absolute Gasteiger partial charge is 0.199 e. The average molecular weight is 279 g/mol. The predicted molar refractivity (Wildman–Crippen MR) is 88.0 cm³/mol. The van der Waals surface area contributed by atoms with E-state index in [0.29, 0.717) is 5.78 Å². The first-order chi connectivity index (χ1) is 9.17. The fourth-order valence-corrected chi connectivity index (χ4v) is 7.80. The van der Waals surface area contributed by atoms with Gasteiger partial charge in [0.05, 0.1) is 18.5 Å². The molecule has 1 aromatic rings. The van der Waals surface area contributed by atoms with Crippen molar-refractivity contribution in [1.29, 1.82) is 0 Å². The summed E-state index contributed by atoms with van der Waals surface area (Å²) in [7, 11) is -1.07. The van der Waals surface area contributed by atoms with Gasteiger partial charge in [-0.1, -0.05) is 51.1 Å². The van der Waals surface area contributed by atoms with Crippen molar-refractivity contribution >= 4 is 13.0 Å². The molecule has 0 aliphatic carbocycles. The van der Waals surface area contributed by atoms with Gasteiger partial charge in [-0.05, 0) is 19.3 Å². The molecule has 0 spiro atoms. The molecule has 1 aromatic carbocycles. The average Bonchev–Trinajstić information content (AvgIpc) is 2.40. The monoisotopic (exact) mass is 279 g/mol. The first-order valence-electron chi connectivity index (χ1n) is 7.60. The van der Waals surface area contributed by atoms with E-state index in [0.717, 1.165) is 11.7 Å². The highest BCUT2D eigenvalue weighted by molar-refractivity contribution is 7.76. The Bertz CT molecular complexity index is 355. The molecule has 19 heavy (non-hydrogen) atoms. The SMILES string of the molecule is CCC[P+](CCC)(CCC)CC(=O)c1ccccc1. The molecule has 1 rings (SSSR count). The summed E-state index contributed by atoms with van der Waals surface area (Å²) in [5, 5.41) is 0. The second kappa shape index (κ2) is 8.48. The van der Waals surface area contributed by atoms with Crippen molar-refractivity contribution in [3.05, 3.63) is 35.9 Å².